The van der Waals surface area contributed by atoms with Gasteiger partial charge in [-0.25, -0.2) is 0 Å². The average Bonchev–Trinajstić information content (AvgIpc) is 2.88. The van der Waals surface area contributed by atoms with E-state index in [1.54, 1.807) is 13.2 Å². The minimum Gasteiger partial charge on any atom is -0.496 e. The van der Waals surface area contributed by atoms with E-state index in [4.69, 9.17) is 9.47 Å². The second-order valence-electron chi connectivity index (χ2n) is 9.21. The van der Waals surface area contributed by atoms with E-state index >= 15 is 0 Å². The molecule has 6 heteroatoms. The van der Waals surface area contributed by atoms with Gasteiger partial charge in [0.15, 0.2) is 0 Å². The molecule has 2 fully saturated rings. The number of rotatable bonds is 7. The van der Waals surface area contributed by atoms with E-state index in [0.29, 0.717) is 37.4 Å². The maximum absolute atomic E-state index is 13.2. The number of likely N-dealkylation sites (tertiary alicyclic amines) is 2. The summed E-state index contributed by atoms with van der Waals surface area (Å²) < 4.78 is 11.5. The van der Waals surface area contributed by atoms with E-state index in [1.807, 2.05) is 58.3 Å². The van der Waals surface area contributed by atoms with Crippen LogP contribution in [0.1, 0.15) is 48.9 Å². The summed E-state index contributed by atoms with van der Waals surface area (Å²) in [4.78, 5) is 30.2. The smallest absolute Gasteiger partial charge is 0.257 e. The van der Waals surface area contributed by atoms with Gasteiger partial charge in [0.05, 0.1) is 19.3 Å². The highest BCUT2D eigenvalue weighted by atomic mass is 16.5. The lowest BCUT2D eigenvalue weighted by atomic mass is 9.75. The predicted octanol–water partition coefficient (Wildman–Crippen LogP) is 4.40. The number of piperidine rings is 2. The first-order valence-corrected chi connectivity index (χ1v) is 12.0. The van der Waals surface area contributed by atoms with E-state index in [-0.39, 0.29) is 17.2 Å². The second-order valence-corrected chi connectivity index (χ2v) is 9.21. The fraction of sp³-hybridized carbons (Fsp3) is 0.481. The molecule has 0 saturated carbocycles. The Labute approximate surface area is 196 Å². The summed E-state index contributed by atoms with van der Waals surface area (Å²) in [5, 5.41) is 0. The van der Waals surface area contributed by atoms with Crippen molar-refractivity contribution in [3.8, 4) is 11.5 Å². The van der Waals surface area contributed by atoms with Crippen LogP contribution in [0, 0.1) is 5.41 Å². The van der Waals surface area contributed by atoms with E-state index < -0.39 is 0 Å². The molecular weight excluding hydrogens is 416 g/mol. The van der Waals surface area contributed by atoms with Crippen molar-refractivity contribution in [3.05, 3.63) is 60.2 Å². The lowest BCUT2D eigenvalue weighted by molar-refractivity contribution is -0.136. The van der Waals surface area contributed by atoms with Gasteiger partial charge in [-0.05, 0) is 56.4 Å². The predicted molar refractivity (Wildman–Crippen MR) is 128 cm³/mol. The Bertz CT molecular complexity index is 932. The van der Waals surface area contributed by atoms with Gasteiger partial charge >= 0.3 is 0 Å². The van der Waals surface area contributed by atoms with Crippen molar-refractivity contribution in [2.24, 2.45) is 5.41 Å². The number of para-hydroxylation sites is 2. The van der Waals surface area contributed by atoms with Crippen LogP contribution in [0.2, 0.25) is 0 Å². The number of hydrogen-bond acceptors (Lipinski definition) is 4. The number of carbonyl (C=O) groups excluding carboxylic acids is 2. The van der Waals surface area contributed by atoms with Gasteiger partial charge in [0.2, 0.25) is 5.91 Å². The van der Waals surface area contributed by atoms with Crippen molar-refractivity contribution < 1.29 is 19.1 Å². The zero-order valence-corrected chi connectivity index (χ0v) is 19.5. The normalized spacial score (nSPS) is 18.0. The SMILES string of the molecule is COc1ccccc1C(=O)N1CCC(COc2ccccc2)(CC(=O)N2CCCCC2)CC1. The minimum absolute atomic E-state index is 0.0209. The van der Waals surface area contributed by atoms with Crippen LogP contribution >= 0.6 is 0 Å². The molecule has 2 aliphatic rings. The number of methoxy groups -OCH3 is 1. The average molecular weight is 451 g/mol. The standard InChI is InChI=1S/C27H34N2O4/c1-32-24-13-7-6-12-23(24)26(31)29-18-14-27(15-19-29,21-33-22-10-4-2-5-11-22)20-25(30)28-16-8-3-9-17-28/h2,4-7,10-13H,3,8-9,14-21H2,1H3. The van der Waals surface area contributed by atoms with Gasteiger partial charge in [0.25, 0.3) is 5.91 Å². The molecule has 0 aromatic heterocycles. The third-order valence-corrected chi connectivity index (χ3v) is 6.97. The van der Waals surface area contributed by atoms with Crippen molar-refractivity contribution in [1.82, 2.24) is 9.80 Å². The Morgan fingerprint density at radius 1 is 0.848 bits per heavy atom. The Morgan fingerprint density at radius 2 is 1.52 bits per heavy atom. The van der Waals surface area contributed by atoms with Gasteiger partial charge in [-0.3, -0.25) is 9.59 Å². The largest absolute Gasteiger partial charge is 0.496 e. The minimum atomic E-state index is -0.276. The molecule has 0 unspecified atom stereocenters. The molecule has 2 aromatic carbocycles. The van der Waals surface area contributed by atoms with Crippen LogP contribution in [0.5, 0.6) is 11.5 Å². The van der Waals surface area contributed by atoms with Crippen molar-refractivity contribution >= 4 is 11.8 Å². The number of carbonyl (C=O) groups is 2. The summed E-state index contributed by atoms with van der Waals surface area (Å²) >= 11 is 0. The first-order chi connectivity index (χ1) is 16.1. The Balaban J connectivity index is 1.46. The lowest BCUT2D eigenvalue weighted by Gasteiger charge is -2.42. The molecule has 0 radical (unpaired) electrons. The van der Waals surface area contributed by atoms with Crippen LogP contribution in [0.15, 0.2) is 54.6 Å². The van der Waals surface area contributed by atoms with Crippen molar-refractivity contribution in [2.75, 3.05) is 39.9 Å². The number of hydrogen-bond donors (Lipinski definition) is 0. The number of benzene rings is 2. The van der Waals surface area contributed by atoms with Crippen LogP contribution in [-0.4, -0.2) is 61.5 Å². The van der Waals surface area contributed by atoms with Gasteiger partial charge in [-0.15, -0.1) is 0 Å². The summed E-state index contributed by atoms with van der Waals surface area (Å²) in [6.45, 7) is 3.39. The molecule has 2 amide bonds. The quantitative estimate of drug-likeness (QED) is 0.627. The molecule has 4 rings (SSSR count). The van der Waals surface area contributed by atoms with Crippen LogP contribution in [0.25, 0.3) is 0 Å². The summed E-state index contributed by atoms with van der Waals surface area (Å²) in [7, 11) is 1.58. The first kappa shape index (κ1) is 23.1. The van der Waals surface area contributed by atoms with E-state index in [2.05, 4.69) is 0 Å². The van der Waals surface area contributed by atoms with Gasteiger partial charge in [0.1, 0.15) is 11.5 Å². The first-order valence-electron chi connectivity index (χ1n) is 12.0. The molecule has 0 N–H and O–H groups in total. The molecule has 0 bridgehead atoms. The number of ether oxygens (including phenoxy) is 2. The Kier molecular flexibility index (Phi) is 7.53. The second kappa shape index (κ2) is 10.7. The zero-order valence-electron chi connectivity index (χ0n) is 19.5. The molecule has 0 aliphatic carbocycles. The van der Waals surface area contributed by atoms with Crippen LogP contribution in [0.3, 0.4) is 0 Å². The molecule has 2 saturated heterocycles. The summed E-state index contributed by atoms with van der Waals surface area (Å²) in [5.74, 6) is 1.60. The maximum atomic E-state index is 13.2. The number of nitrogens with zero attached hydrogens (tertiary/aromatic N) is 2. The van der Waals surface area contributed by atoms with Crippen molar-refractivity contribution in [2.45, 2.75) is 38.5 Å². The summed E-state index contributed by atoms with van der Waals surface area (Å²) in [6.07, 6.45) is 5.31. The highest BCUT2D eigenvalue weighted by Crippen LogP contribution is 2.37. The van der Waals surface area contributed by atoms with Crippen molar-refractivity contribution in [3.63, 3.8) is 0 Å². The van der Waals surface area contributed by atoms with Gasteiger partial charge in [0, 0.05) is 38.0 Å². The molecule has 0 spiro atoms. The molecule has 2 aliphatic heterocycles. The van der Waals surface area contributed by atoms with E-state index in [1.165, 1.54) is 6.42 Å². The highest BCUT2D eigenvalue weighted by Gasteiger charge is 2.40. The van der Waals surface area contributed by atoms with E-state index in [0.717, 1.165) is 44.5 Å². The Hall–Kier alpha value is -3.02. The van der Waals surface area contributed by atoms with Gasteiger partial charge < -0.3 is 19.3 Å². The van der Waals surface area contributed by atoms with E-state index in [9.17, 15) is 9.59 Å². The Morgan fingerprint density at radius 3 is 2.21 bits per heavy atom. The molecule has 2 heterocycles. The van der Waals surface area contributed by atoms with Crippen LogP contribution in [0.4, 0.5) is 0 Å². The summed E-state index contributed by atoms with van der Waals surface area (Å²) in [6, 6.07) is 17.1. The fourth-order valence-electron chi connectivity index (χ4n) is 4.88. The lowest BCUT2D eigenvalue weighted by Crippen LogP contribution is -2.48. The highest BCUT2D eigenvalue weighted by molar-refractivity contribution is 5.97. The molecular formula is C27H34N2O4. The molecule has 176 valence electrons. The molecule has 0 atom stereocenters. The van der Waals surface area contributed by atoms with Crippen molar-refractivity contribution in [1.29, 1.82) is 0 Å². The third kappa shape index (κ3) is 5.67. The van der Waals surface area contributed by atoms with Crippen LogP contribution in [-0.2, 0) is 4.79 Å². The maximum Gasteiger partial charge on any atom is 0.257 e. The van der Waals surface area contributed by atoms with Crippen LogP contribution < -0.4 is 9.47 Å². The zero-order chi connectivity index (χ0) is 23.1. The molecule has 2 aromatic rings. The molecule has 33 heavy (non-hydrogen) atoms. The summed E-state index contributed by atoms with van der Waals surface area (Å²) in [5.41, 5.74) is 0.305. The number of amides is 2. The van der Waals surface area contributed by atoms with Gasteiger partial charge in [-0.1, -0.05) is 30.3 Å². The topological polar surface area (TPSA) is 59.1 Å². The monoisotopic (exact) mass is 450 g/mol. The van der Waals surface area contributed by atoms with Gasteiger partial charge in [-0.2, -0.15) is 0 Å². The third-order valence-electron chi connectivity index (χ3n) is 6.97. The molecule has 6 nitrogen and oxygen atoms in total. The fourth-order valence-corrected chi connectivity index (χ4v) is 4.88.